The quantitative estimate of drug-likeness (QED) is 0.600. The summed E-state index contributed by atoms with van der Waals surface area (Å²) in [6, 6.07) is 14.8. The fourth-order valence-electron chi connectivity index (χ4n) is 5.22. The zero-order chi connectivity index (χ0) is 22.9. The van der Waals surface area contributed by atoms with E-state index in [0.717, 1.165) is 24.0 Å². The van der Waals surface area contributed by atoms with Crippen molar-refractivity contribution in [3.63, 3.8) is 0 Å². The number of benzene rings is 2. The van der Waals surface area contributed by atoms with Gasteiger partial charge in [0, 0.05) is 22.6 Å². The summed E-state index contributed by atoms with van der Waals surface area (Å²) in [6.07, 6.45) is 1.87. The lowest BCUT2D eigenvalue weighted by Crippen LogP contribution is -2.57. The normalized spacial score (nSPS) is 28.5. The van der Waals surface area contributed by atoms with E-state index < -0.39 is 11.4 Å². The number of amides is 1. The topological polar surface area (TPSA) is 66.8 Å². The molecular formula is C25H27Cl2NO4. The molecule has 0 spiro atoms. The minimum atomic E-state index is -1.03. The molecule has 170 valence electrons. The van der Waals surface area contributed by atoms with Gasteiger partial charge in [-0.1, -0.05) is 54.4 Å². The molecule has 0 radical (unpaired) electrons. The Balaban J connectivity index is 1.87. The van der Waals surface area contributed by atoms with Crippen LogP contribution in [0, 0.1) is 5.41 Å². The van der Waals surface area contributed by atoms with Gasteiger partial charge >= 0.3 is 5.97 Å². The number of carbonyl (C=O) groups is 2. The molecule has 1 amide bonds. The Labute approximate surface area is 198 Å². The van der Waals surface area contributed by atoms with E-state index in [1.807, 2.05) is 53.4 Å². The molecule has 32 heavy (non-hydrogen) atoms. The summed E-state index contributed by atoms with van der Waals surface area (Å²) in [5.74, 6) is -1.23. The molecule has 4 rings (SSSR count). The SMILES string of the molecule is CC1(CC(=O)O)CC(c2cccc(Cl)c2)C(c2ccc(Cl)cc2)N(C2CCCOC2)C1=O. The third-order valence-corrected chi connectivity index (χ3v) is 7.15. The van der Waals surface area contributed by atoms with Gasteiger partial charge in [0.1, 0.15) is 0 Å². The summed E-state index contributed by atoms with van der Waals surface area (Å²) >= 11 is 12.5. The van der Waals surface area contributed by atoms with Crippen LogP contribution in [0.1, 0.15) is 55.7 Å². The van der Waals surface area contributed by atoms with E-state index in [2.05, 4.69) is 0 Å². The second kappa shape index (κ2) is 9.42. The minimum Gasteiger partial charge on any atom is -0.481 e. The highest BCUT2D eigenvalue weighted by molar-refractivity contribution is 6.30. The van der Waals surface area contributed by atoms with Gasteiger partial charge in [-0.2, -0.15) is 0 Å². The lowest BCUT2D eigenvalue weighted by molar-refractivity contribution is -0.163. The largest absolute Gasteiger partial charge is 0.481 e. The van der Waals surface area contributed by atoms with Crippen LogP contribution in [0.4, 0.5) is 0 Å². The minimum absolute atomic E-state index is 0.118. The van der Waals surface area contributed by atoms with Crippen LogP contribution >= 0.6 is 23.2 Å². The fourth-order valence-corrected chi connectivity index (χ4v) is 5.55. The second-order valence-electron chi connectivity index (χ2n) is 9.08. The standard InChI is InChI=1S/C25H27Cl2NO4/c1-25(14-22(29)30)13-21(17-4-2-5-19(27)12-17)23(16-7-9-18(26)10-8-16)28(24(25)31)20-6-3-11-32-15-20/h2,4-5,7-10,12,20-21,23H,3,6,11,13-15H2,1H3,(H,29,30). The Morgan fingerprint density at radius 1 is 1.16 bits per heavy atom. The number of rotatable bonds is 5. The summed E-state index contributed by atoms with van der Waals surface area (Å²) in [5.41, 5.74) is 0.929. The zero-order valence-corrected chi connectivity index (χ0v) is 19.5. The van der Waals surface area contributed by atoms with Crippen molar-refractivity contribution >= 4 is 35.1 Å². The number of carboxylic acid groups (broad SMARTS) is 1. The van der Waals surface area contributed by atoms with Crippen molar-refractivity contribution in [2.45, 2.75) is 50.6 Å². The third-order valence-electron chi connectivity index (χ3n) is 6.66. The zero-order valence-electron chi connectivity index (χ0n) is 18.0. The Morgan fingerprint density at radius 3 is 2.53 bits per heavy atom. The molecule has 4 atom stereocenters. The van der Waals surface area contributed by atoms with Gasteiger partial charge in [0.15, 0.2) is 0 Å². The van der Waals surface area contributed by atoms with Crippen LogP contribution in [0.3, 0.4) is 0 Å². The van der Waals surface area contributed by atoms with Crippen LogP contribution in [0.5, 0.6) is 0 Å². The molecular weight excluding hydrogens is 449 g/mol. The molecule has 2 aliphatic rings. The number of hydrogen-bond donors (Lipinski definition) is 1. The van der Waals surface area contributed by atoms with Crippen LogP contribution in [0.25, 0.3) is 0 Å². The number of likely N-dealkylation sites (tertiary alicyclic amines) is 1. The van der Waals surface area contributed by atoms with Crippen molar-refractivity contribution in [2.24, 2.45) is 5.41 Å². The Morgan fingerprint density at radius 2 is 1.91 bits per heavy atom. The molecule has 0 aromatic heterocycles. The predicted molar refractivity (Wildman–Crippen MR) is 124 cm³/mol. The number of halogens is 2. The summed E-state index contributed by atoms with van der Waals surface area (Å²) in [6.45, 7) is 2.89. The Kier molecular flexibility index (Phi) is 6.80. The van der Waals surface area contributed by atoms with Crippen LogP contribution in [-0.4, -0.2) is 41.1 Å². The fraction of sp³-hybridized carbons (Fsp3) is 0.440. The van der Waals surface area contributed by atoms with Crippen molar-refractivity contribution in [2.75, 3.05) is 13.2 Å². The van der Waals surface area contributed by atoms with Crippen LogP contribution in [0.15, 0.2) is 48.5 Å². The maximum absolute atomic E-state index is 13.9. The molecule has 2 fully saturated rings. The first-order valence-electron chi connectivity index (χ1n) is 10.9. The van der Waals surface area contributed by atoms with Gasteiger partial charge < -0.3 is 14.7 Å². The van der Waals surface area contributed by atoms with E-state index in [0.29, 0.717) is 29.7 Å². The first-order valence-corrected chi connectivity index (χ1v) is 11.7. The molecule has 1 N–H and O–H groups in total. The lowest BCUT2D eigenvalue weighted by Gasteiger charge is -2.52. The number of piperidine rings is 1. The highest BCUT2D eigenvalue weighted by Gasteiger charge is 2.52. The number of hydrogen-bond acceptors (Lipinski definition) is 3. The molecule has 7 heteroatoms. The van der Waals surface area contributed by atoms with Gasteiger partial charge in [-0.25, -0.2) is 0 Å². The maximum atomic E-state index is 13.9. The van der Waals surface area contributed by atoms with E-state index >= 15 is 0 Å². The molecule has 2 aliphatic heterocycles. The van der Waals surface area contributed by atoms with Crippen molar-refractivity contribution in [3.05, 3.63) is 69.7 Å². The summed E-state index contributed by atoms with van der Waals surface area (Å²) < 4.78 is 5.74. The number of carbonyl (C=O) groups excluding carboxylic acids is 1. The van der Waals surface area contributed by atoms with Gasteiger partial charge in [-0.15, -0.1) is 0 Å². The summed E-state index contributed by atoms with van der Waals surface area (Å²) in [4.78, 5) is 27.6. The molecule has 5 nitrogen and oxygen atoms in total. The van der Waals surface area contributed by atoms with Crippen LogP contribution < -0.4 is 0 Å². The van der Waals surface area contributed by atoms with Crippen molar-refractivity contribution in [1.29, 1.82) is 0 Å². The van der Waals surface area contributed by atoms with E-state index in [1.165, 1.54) is 0 Å². The van der Waals surface area contributed by atoms with Crippen molar-refractivity contribution in [3.8, 4) is 0 Å². The molecule has 2 heterocycles. The van der Waals surface area contributed by atoms with Crippen molar-refractivity contribution in [1.82, 2.24) is 4.90 Å². The summed E-state index contributed by atoms with van der Waals surface area (Å²) in [5, 5.41) is 10.9. The summed E-state index contributed by atoms with van der Waals surface area (Å²) in [7, 11) is 0. The van der Waals surface area contributed by atoms with Crippen LogP contribution in [0.2, 0.25) is 10.0 Å². The first kappa shape index (κ1) is 23.1. The molecule has 0 saturated carbocycles. The highest BCUT2D eigenvalue weighted by Crippen LogP contribution is 2.52. The smallest absolute Gasteiger partial charge is 0.304 e. The molecule has 0 bridgehead atoms. The lowest BCUT2D eigenvalue weighted by atomic mass is 9.67. The van der Waals surface area contributed by atoms with E-state index in [-0.39, 0.29) is 30.3 Å². The Bertz CT molecular complexity index is 990. The van der Waals surface area contributed by atoms with Crippen molar-refractivity contribution < 1.29 is 19.4 Å². The number of ether oxygens (including phenoxy) is 1. The van der Waals surface area contributed by atoms with E-state index in [9.17, 15) is 14.7 Å². The number of carboxylic acids is 1. The second-order valence-corrected chi connectivity index (χ2v) is 9.95. The van der Waals surface area contributed by atoms with E-state index in [4.69, 9.17) is 27.9 Å². The molecule has 2 aromatic rings. The Hall–Kier alpha value is -2.08. The van der Waals surface area contributed by atoms with Gasteiger partial charge in [0.2, 0.25) is 5.91 Å². The molecule has 0 aliphatic carbocycles. The third kappa shape index (κ3) is 4.66. The number of nitrogens with zero attached hydrogens (tertiary/aromatic N) is 1. The average Bonchev–Trinajstić information content (AvgIpc) is 2.76. The first-order chi connectivity index (χ1) is 15.3. The van der Waals surface area contributed by atoms with Crippen LogP contribution in [-0.2, 0) is 14.3 Å². The highest BCUT2D eigenvalue weighted by atomic mass is 35.5. The van der Waals surface area contributed by atoms with Gasteiger partial charge in [-0.3, -0.25) is 9.59 Å². The molecule has 2 saturated heterocycles. The molecule has 2 aromatic carbocycles. The van der Waals surface area contributed by atoms with Gasteiger partial charge in [-0.05, 0) is 54.7 Å². The predicted octanol–water partition coefficient (Wildman–Crippen LogP) is 5.71. The van der Waals surface area contributed by atoms with E-state index in [1.54, 1.807) is 6.92 Å². The number of aliphatic carboxylic acids is 1. The van der Waals surface area contributed by atoms with Gasteiger partial charge in [0.05, 0.1) is 30.5 Å². The molecule has 4 unspecified atom stereocenters. The maximum Gasteiger partial charge on any atom is 0.304 e. The van der Waals surface area contributed by atoms with Gasteiger partial charge in [0.25, 0.3) is 0 Å². The monoisotopic (exact) mass is 475 g/mol. The average molecular weight is 476 g/mol.